The average Bonchev–Trinajstić information content (AvgIpc) is 2.34. The van der Waals surface area contributed by atoms with Crippen molar-refractivity contribution in [3.8, 4) is 6.07 Å². The molecule has 3 heteroatoms. The fourth-order valence-electron chi connectivity index (χ4n) is 1.83. The van der Waals surface area contributed by atoms with Crippen molar-refractivity contribution in [1.82, 2.24) is 0 Å². The summed E-state index contributed by atoms with van der Waals surface area (Å²) < 4.78 is 0. The number of rotatable bonds is 7. The Morgan fingerprint density at radius 1 is 1.18 bits per heavy atom. The van der Waals surface area contributed by atoms with Gasteiger partial charge in [-0.05, 0) is 43.5 Å². The number of unbranched alkanes of at least 4 members (excludes halogenated alkanes) is 2. The van der Waals surface area contributed by atoms with E-state index in [0.29, 0.717) is 6.42 Å². The molecule has 0 aliphatic heterocycles. The molecule has 0 spiro atoms. The lowest BCUT2D eigenvalue weighted by atomic mass is 10.2. The minimum absolute atomic E-state index is 0.654. The Labute approximate surface area is 104 Å². The fourth-order valence-corrected chi connectivity index (χ4v) is 1.83. The molecule has 92 valence electrons. The Kier molecular flexibility index (Phi) is 5.95. The van der Waals surface area contributed by atoms with E-state index in [1.807, 2.05) is 12.1 Å². The van der Waals surface area contributed by atoms with Crippen molar-refractivity contribution < 1.29 is 0 Å². The largest absolute Gasteiger partial charge is 0.399 e. The zero-order chi connectivity index (χ0) is 12.5. The molecule has 0 amide bonds. The first-order valence-corrected chi connectivity index (χ1v) is 6.25. The maximum atomic E-state index is 8.50. The third kappa shape index (κ3) is 4.78. The van der Waals surface area contributed by atoms with E-state index in [4.69, 9.17) is 11.0 Å². The molecule has 3 nitrogen and oxygen atoms in total. The van der Waals surface area contributed by atoms with E-state index in [-0.39, 0.29) is 0 Å². The second kappa shape index (κ2) is 7.56. The molecule has 0 saturated carbocycles. The van der Waals surface area contributed by atoms with Crippen LogP contribution in [0.15, 0.2) is 24.3 Å². The maximum Gasteiger partial charge on any atom is 0.0621 e. The summed E-state index contributed by atoms with van der Waals surface area (Å²) in [4.78, 5) is 2.36. The van der Waals surface area contributed by atoms with E-state index in [0.717, 1.165) is 38.0 Å². The normalized spacial score (nSPS) is 9.88. The van der Waals surface area contributed by atoms with Gasteiger partial charge in [0.1, 0.15) is 0 Å². The van der Waals surface area contributed by atoms with Crippen LogP contribution in [0.4, 0.5) is 11.4 Å². The first-order valence-electron chi connectivity index (χ1n) is 6.25. The van der Waals surface area contributed by atoms with Crippen LogP contribution in [0.2, 0.25) is 0 Å². The SMILES string of the molecule is CCCN(CCCCC#N)c1ccc(N)cc1. The molecule has 1 rings (SSSR count). The quantitative estimate of drug-likeness (QED) is 0.579. The number of hydrogen-bond acceptors (Lipinski definition) is 3. The van der Waals surface area contributed by atoms with Gasteiger partial charge in [-0.3, -0.25) is 0 Å². The van der Waals surface area contributed by atoms with Gasteiger partial charge in [-0.2, -0.15) is 5.26 Å². The van der Waals surface area contributed by atoms with Gasteiger partial charge >= 0.3 is 0 Å². The van der Waals surface area contributed by atoms with Crippen LogP contribution in [0.5, 0.6) is 0 Å². The lowest BCUT2D eigenvalue weighted by molar-refractivity contribution is 0.686. The number of nitriles is 1. The third-order valence-electron chi connectivity index (χ3n) is 2.72. The monoisotopic (exact) mass is 231 g/mol. The number of hydrogen-bond donors (Lipinski definition) is 1. The van der Waals surface area contributed by atoms with Crippen LogP contribution < -0.4 is 10.6 Å². The molecule has 0 atom stereocenters. The van der Waals surface area contributed by atoms with E-state index >= 15 is 0 Å². The summed E-state index contributed by atoms with van der Waals surface area (Å²) in [6.45, 7) is 4.25. The van der Waals surface area contributed by atoms with Gasteiger partial charge in [0.05, 0.1) is 6.07 Å². The number of nitrogen functional groups attached to an aromatic ring is 1. The van der Waals surface area contributed by atoms with Gasteiger partial charge in [-0.25, -0.2) is 0 Å². The van der Waals surface area contributed by atoms with Crippen LogP contribution in [0.1, 0.15) is 32.6 Å². The molecule has 0 bridgehead atoms. The summed E-state index contributed by atoms with van der Waals surface area (Å²) in [6.07, 6.45) is 3.83. The molecule has 1 aromatic rings. The molecule has 0 radical (unpaired) electrons. The summed E-state index contributed by atoms with van der Waals surface area (Å²) >= 11 is 0. The summed E-state index contributed by atoms with van der Waals surface area (Å²) in [5.41, 5.74) is 7.71. The van der Waals surface area contributed by atoms with Crippen molar-refractivity contribution in [3.05, 3.63) is 24.3 Å². The molecular formula is C14H21N3. The van der Waals surface area contributed by atoms with Crippen LogP contribution >= 0.6 is 0 Å². The van der Waals surface area contributed by atoms with Crippen molar-refractivity contribution in [3.63, 3.8) is 0 Å². The molecule has 0 unspecified atom stereocenters. The zero-order valence-electron chi connectivity index (χ0n) is 10.5. The van der Waals surface area contributed by atoms with Gasteiger partial charge in [-0.15, -0.1) is 0 Å². The molecule has 0 fully saturated rings. The molecule has 1 aromatic carbocycles. The smallest absolute Gasteiger partial charge is 0.0621 e. The van der Waals surface area contributed by atoms with Crippen LogP contribution in [-0.2, 0) is 0 Å². The Morgan fingerprint density at radius 2 is 1.88 bits per heavy atom. The van der Waals surface area contributed by atoms with Crippen LogP contribution in [0.3, 0.4) is 0 Å². The Hall–Kier alpha value is -1.69. The Balaban J connectivity index is 2.53. The molecule has 0 aromatic heterocycles. The minimum Gasteiger partial charge on any atom is -0.399 e. The van der Waals surface area contributed by atoms with Gasteiger partial charge in [-0.1, -0.05) is 6.92 Å². The molecule has 0 aliphatic carbocycles. The predicted molar refractivity (Wildman–Crippen MR) is 72.8 cm³/mol. The summed E-state index contributed by atoms with van der Waals surface area (Å²) in [5, 5.41) is 8.50. The Morgan fingerprint density at radius 3 is 2.47 bits per heavy atom. The number of nitrogens with two attached hydrogens (primary N) is 1. The second-order valence-corrected chi connectivity index (χ2v) is 4.19. The molecule has 17 heavy (non-hydrogen) atoms. The number of benzene rings is 1. The van der Waals surface area contributed by atoms with E-state index in [9.17, 15) is 0 Å². The minimum atomic E-state index is 0.654. The van der Waals surface area contributed by atoms with Crippen LogP contribution in [-0.4, -0.2) is 13.1 Å². The van der Waals surface area contributed by atoms with Gasteiger partial charge in [0, 0.05) is 30.9 Å². The maximum absolute atomic E-state index is 8.50. The predicted octanol–water partition coefficient (Wildman–Crippen LogP) is 3.18. The van der Waals surface area contributed by atoms with Crippen LogP contribution in [0.25, 0.3) is 0 Å². The first-order chi connectivity index (χ1) is 8.27. The fraction of sp³-hybridized carbons (Fsp3) is 0.500. The molecule has 0 saturated heterocycles. The first kappa shape index (κ1) is 13.4. The number of nitrogens with zero attached hydrogens (tertiary/aromatic N) is 2. The van der Waals surface area contributed by atoms with Crippen molar-refractivity contribution >= 4 is 11.4 Å². The summed E-state index contributed by atoms with van der Waals surface area (Å²) in [7, 11) is 0. The highest BCUT2D eigenvalue weighted by molar-refractivity contribution is 5.53. The van der Waals surface area contributed by atoms with Crippen molar-refractivity contribution in [2.24, 2.45) is 0 Å². The topological polar surface area (TPSA) is 53.0 Å². The van der Waals surface area contributed by atoms with E-state index in [1.54, 1.807) is 0 Å². The van der Waals surface area contributed by atoms with Crippen molar-refractivity contribution in [2.75, 3.05) is 23.7 Å². The summed E-state index contributed by atoms with van der Waals surface area (Å²) in [5.74, 6) is 0. The van der Waals surface area contributed by atoms with Crippen LogP contribution in [0, 0.1) is 11.3 Å². The van der Waals surface area contributed by atoms with Gasteiger partial charge < -0.3 is 10.6 Å². The molecule has 0 aliphatic rings. The highest BCUT2D eigenvalue weighted by Crippen LogP contribution is 2.17. The lowest BCUT2D eigenvalue weighted by Crippen LogP contribution is -2.25. The van der Waals surface area contributed by atoms with Crippen molar-refractivity contribution in [2.45, 2.75) is 32.6 Å². The second-order valence-electron chi connectivity index (χ2n) is 4.19. The van der Waals surface area contributed by atoms with Gasteiger partial charge in [0.2, 0.25) is 0 Å². The number of anilines is 2. The molecule has 2 N–H and O–H groups in total. The summed E-state index contributed by atoms with van der Waals surface area (Å²) in [6, 6.07) is 10.2. The van der Waals surface area contributed by atoms with Gasteiger partial charge in [0.15, 0.2) is 0 Å². The zero-order valence-corrected chi connectivity index (χ0v) is 10.5. The third-order valence-corrected chi connectivity index (χ3v) is 2.72. The molecule has 0 heterocycles. The highest BCUT2D eigenvalue weighted by atomic mass is 15.1. The van der Waals surface area contributed by atoms with Gasteiger partial charge in [0.25, 0.3) is 0 Å². The lowest BCUT2D eigenvalue weighted by Gasteiger charge is -2.24. The highest BCUT2D eigenvalue weighted by Gasteiger charge is 2.04. The van der Waals surface area contributed by atoms with E-state index in [2.05, 4.69) is 30.0 Å². The van der Waals surface area contributed by atoms with Crippen molar-refractivity contribution in [1.29, 1.82) is 5.26 Å². The van der Waals surface area contributed by atoms with E-state index < -0.39 is 0 Å². The standard InChI is InChI=1S/C14H21N3/c1-2-11-17(12-5-3-4-10-15)14-8-6-13(16)7-9-14/h6-9H,2-5,11-12,16H2,1H3. The average molecular weight is 231 g/mol. The van der Waals surface area contributed by atoms with E-state index in [1.165, 1.54) is 5.69 Å². The molecular weight excluding hydrogens is 210 g/mol. The Bertz CT molecular complexity index is 351.